The Kier molecular flexibility index (Phi) is 7.91. The summed E-state index contributed by atoms with van der Waals surface area (Å²) in [6.07, 6.45) is 4.74. The number of nitrogens with zero attached hydrogens (tertiary/aromatic N) is 2. The molecule has 0 aliphatic heterocycles. The maximum Gasteiger partial charge on any atom is 0.218 e. The Labute approximate surface area is 121 Å². The van der Waals surface area contributed by atoms with Crippen LogP contribution in [0.25, 0.3) is 0 Å². The van der Waals surface area contributed by atoms with Crippen LogP contribution in [0.3, 0.4) is 0 Å². The highest BCUT2D eigenvalue weighted by atomic mass is 16.5. The number of unbranched alkanes of at least 4 members (excludes halogenated alkanes) is 1. The Morgan fingerprint density at radius 1 is 1.35 bits per heavy atom. The third kappa shape index (κ3) is 5.71. The topological polar surface area (TPSA) is 82.3 Å². The van der Waals surface area contributed by atoms with E-state index in [4.69, 9.17) is 15.3 Å². The molecule has 0 aliphatic carbocycles. The van der Waals surface area contributed by atoms with E-state index < -0.39 is 0 Å². The SMILES string of the molecule is CCCCC(CC)COc1cc(NN)nc(COC)n1. The number of nitrogens with two attached hydrogens (primary N) is 1. The second-order valence-corrected chi connectivity index (χ2v) is 4.81. The molecule has 0 bridgehead atoms. The fourth-order valence-electron chi connectivity index (χ4n) is 1.92. The fourth-order valence-corrected chi connectivity index (χ4v) is 1.92. The number of hydrazine groups is 1. The minimum absolute atomic E-state index is 0.332. The Hall–Kier alpha value is -1.40. The minimum atomic E-state index is 0.332. The van der Waals surface area contributed by atoms with Crippen molar-refractivity contribution in [1.29, 1.82) is 0 Å². The average molecular weight is 282 g/mol. The second kappa shape index (κ2) is 9.50. The number of anilines is 1. The fraction of sp³-hybridized carbons (Fsp3) is 0.714. The van der Waals surface area contributed by atoms with Crippen LogP contribution in [-0.2, 0) is 11.3 Å². The van der Waals surface area contributed by atoms with Crippen molar-refractivity contribution < 1.29 is 9.47 Å². The number of methoxy groups -OCH3 is 1. The van der Waals surface area contributed by atoms with Crippen LogP contribution in [0.15, 0.2) is 6.07 Å². The molecule has 3 N–H and O–H groups in total. The Balaban J connectivity index is 2.63. The molecule has 0 aromatic carbocycles. The highest BCUT2D eigenvalue weighted by Gasteiger charge is 2.09. The molecule has 20 heavy (non-hydrogen) atoms. The van der Waals surface area contributed by atoms with E-state index in [2.05, 4.69) is 29.2 Å². The van der Waals surface area contributed by atoms with Gasteiger partial charge < -0.3 is 14.9 Å². The van der Waals surface area contributed by atoms with Gasteiger partial charge in [0.15, 0.2) is 5.82 Å². The van der Waals surface area contributed by atoms with E-state index in [0.29, 0.717) is 36.7 Å². The Morgan fingerprint density at radius 2 is 2.15 bits per heavy atom. The molecular formula is C14H26N4O2. The van der Waals surface area contributed by atoms with Gasteiger partial charge >= 0.3 is 0 Å². The van der Waals surface area contributed by atoms with Gasteiger partial charge in [-0.25, -0.2) is 10.8 Å². The molecule has 114 valence electrons. The third-order valence-corrected chi connectivity index (χ3v) is 3.18. The van der Waals surface area contributed by atoms with Crippen LogP contribution in [0.2, 0.25) is 0 Å². The molecule has 1 unspecified atom stereocenters. The van der Waals surface area contributed by atoms with Crippen molar-refractivity contribution in [2.24, 2.45) is 11.8 Å². The molecule has 1 aromatic rings. The molecule has 0 spiro atoms. The monoisotopic (exact) mass is 282 g/mol. The summed E-state index contributed by atoms with van der Waals surface area (Å²) >= 11 is 0. The van der Waals surface area contributed by atoms with Crippen LogP contribution in [0, 0.1) is 5.92 Å². The summed E-state index contributed by atoms with van der Waals surface area (Å²) in [5.41, 5.74) is 2.52. The van der Waals surface area contributed by atoms with Gasteiger partial charge in [-0.15, -0.1) is 0 Å². The van der Waals surface area contributed by atoms with Gasteiger partial charge in [-0.05, 0) is 12.3 Å². The number of aromatic nitrogens is 2. The standard InChI is InChI=1S/C14H26N4O2/c1-4-6-7-11(5-2)9-20-14-8-12(18-15)16-13(17-14)10-19-3/h8,11H,4-7,9-10,15H2,1-3H3,(H,16,17,18). The summed E-state index contributed by atoms with van der Waals surface area (Å²) in [5.74, 6) is 7.58. The number of nitrogen functional groups attached to an aromatic ring is 1. The van der Waals surface area contributed by atoms with Crippen molar-refractivity contribution >= 4 is 5.82 Å². The smallest absolute Gasteiger partial charge is 0.218 e. The molecule has 1 rings (SSSR count). The van der Waals surface area contributed by atoms with Crippen molar-refractivity contribution in [2.75, 3.05) is 19.1 Å². The van der Waals surface area contributed by atoms with E-state index in [9.17, 15) is 0 Å². The molecular weight excluding hydrogens is 256 g/mol. The summed E-state index contributed by atoms with van der Waals surface area (Å²) in [7, 11) is 1.60. The van der Waals surface area contributed by atoms with Crippen LogP contribution < -0.4 is 16.0 Å². The van der Waals surface area contributed by atoms with E-state index >= 15 is 0 Å². The molecule has 0 radical (unpaired) electrons. The summed E-state index contributed by atoms with van der Waals surface area (Å²) in [6.45, 7) is 5.39. The van der Waals surface area contributed by atoms with Crippen molar-refractivity contribution in [1.82, 2.24) is 9.97 Å². The third-order valence-electron chi connectivity index (χ3n) is 3.18. The zero-order valence-electron chi connectivity index (χ0n) is 12.7. The van der Waals surface area contributed by atoms with E-state index in [0.717, 1.165) is 6.42 Å². The van der Waals surface area contributed by atoms with Crippen LogP contribution in [0.5, 0.6) is 5.88 Å². The van der Waals surface area contributed by atoms with Crippen molar-refractivity contribution in [3.63, 3.8) is 0 Å². The molecule has 0 saturated carbocycles. The summed E-state index contributed by atoms with van der Waals surface area (Å²) < 4.78 is 10.8. The van der Waals surface area contributed by atoms with Crippen molar-refractivity contribution in [3.05, 3.63) is 11.9 Å². The largest absolute Gasteiger partial charge is 0.477 e. The van der Waals surface area contributed by atoms with Gasteiger partial charge in [0.25, 0.3) is 0 Å². The van der Waals surface area contributed by atoms with Crippen molar-refractivity contribution in [3.8, 4) is 5.88 Å². The van der Waals surface area contributed by atoms with Crippen LogP contribution >= 0.6 is 0 Å². The minimum Gasteiger partial charge on any atom is -0.477 e. The van der Waals surface area contributed by atoms with E-state index in [1.165, 1.54) is 19.3 Å². The molecule has 1 atom stereocenters. The first-order chi connectivity index (χ1) is 9.73. The van der Waals surface area contributed by atoms with Gasteiger partial charge in [0, 0.05) is 13.2 Å². The normalized spacial score (nSPS) is 12.2. The number of ether oxygens (including phenoxy) is 2. The first-order valence-corrected chi connectivity index (χ1v) is 7.19. The molecule has 0 aliphatic rings. The van der Waals surface area contributed by atoms with E-state index in [-0.39, 0.29) is 0 Å². The maximum atomic E-state index is 5.78. The van der Waals surface area contributed by atoms with E-state index in [1.54, 1.807) is 13.2 Å². The summed E-state index contributed by atoms with van der Waals surface area (Å²) in [5, 5.41) is 0. The predicted octanol–water partition coefficient (Wildman–Crippen LogP) is 2.50. The number of nitrogens with one attached hydrogen (secondary N) is 1. The van der Waals surface area contributed by atoms with Crippen LogP contribution in [0.1, 0.15) is 45.4 Å². The van der Waals surface area contributed by atoms with Gasteiger partial charge in [-0.1, -0.05) is 33.1 Å². The van der Waals surface area contributed by atoms with Gasteiger partial charge in [0.05, 0.1) is 6.61 Å². The predicted molar refractivity (Wildman–Crippen MR) is 79.4 cm³/mol. The van der Waals surface area contributed by atoms with Crippen LogP contribution in [0.4, 0.5) is 5.82 Å². The lowest BCUT2D eigenvalue weighted by Crippen LogP contribution is -2.15. The van der Waals surface area contributed by atoms with Gasteiger partial charge in [-0.2, -0.15) is 4.98 Å². The van der Waals surface area contributed by atoms with Crippen LogP contribution in [-0.4, -0.2) is 23.7 Å². The Bertz CT molecular complexity index is 387. The Morgan fingerprint density at radius 3 is 2.75 bits per heavy atom. The summed E-state index contributed by atoms with van der Waals surface area (Å²) in [6, 6.07) is 1.70. The highest BCUT2D eigenvalue weighted by molar-refractivity contribution is 5.36. The van der Waals surface area contributed by atoms with Crippen molar-refractivity contribution in [2.45, 2.75) is 46.1 Å². The maximum absolute atomic E-state index is 5.78. The second-order valence-electron chi connectivity index (χ2n) is 4.81. The molecule has 1 heterocycles. The zero-order valence-corrected chi connectivity index (χ0v) is 12.7. The van der Waals surface area contributed by atoms with E-state index in [1.807, 2.05) is 0 Å². The highest BCUT2D eigenvalue weighted by Crippen LogP contribution is 2.17. The zero-order chi connectivity index (χ0) is 14.8. The van der Waals surface area contributed by atoms with Gasteiger partial charge in [0.2, 0.25) is 5.88 Å². The first-order valence-electron chi connectivity index (χ1n) is 7.19. The number of hydrogen-bond donors (Lipinski definition) is 2. The molecule has 0 saturated heterocycles. The molecule has 0 amide bonds. The quantitative estimate of drug-likeness (QED) is 0.507. The molecule has 6 heteroatoms. The lowest BCUT2D eigenvalue weighted by molar-refractivity contribution is 0.174. The lowest BCUT2D eigenvalue weighted by atomic mass is 10.0. The first kappa shape index (κ1) is 16.7. The molecule has 0 fully saturated rings. The van der Waals surface area contributed by atoms with Gasteiger partial charge in [-0.3, -0.25) is 0 Å². The number of hydrogen-bond acceptors (Lipinski definition) is 6. The molecule has 1 aromatic heterocycles. The lowest BCUT2D eigenvalue weighted by Gasteiger charge is -2.15. The molecule has 6 nitrogen and oxygen atoms in total. The van der Waals surface area contributed by atoms with Gasteiger partial charge in [0.1, 0.15) is 12.4 Å². The average Bonchev–Trinajstić information content (AvgIpc) is 2.47. The summed E-state index contributed by atoms with van der Waals surface area (Å²) in [4.78, 5) is 8.49. The number of rotatable bonds is 10.